The van der Waals surface area contributed by atoms with Gasteiger partial charge in [-0.3, -0.25) is 4.79 Å². The lowest BCUT2D eigenvalue weighted by Crippen LogP contribution is -2.10. The largest absolute Gasteiger partial charge is 0.439 e. The molecule has 2 aromatic rings. The zero-order chi connectivity index (χ0) is 14.5. The Hall–Kier alpha value is -2.14. The molecular formula is C14H14ClN3O2. The van der Waals surface area contributed by atoms with Crippen molar-refractivity contribution in [3.63, 3.8) is 0 Å². The summed E-state index contributed by atoms with van der Waals surface area (Å²) in [5.74, 6) is 1.09. The molecule has 1 aromatic carbocycles. The lowest BCUT2D eigenvalue weighted by Gasteiger charge is -2.07. The summed E-state index contributed by atoms with van der Waals surface area (Å²) in [5.41, 5.74) is 5.59. The number of hydrogen-bond acceptors (Lipinski definition) is 4. The monoisotopic (exact) mass is 291 g/mol. The first kappa shape index (κ1) is 14.3. The van der Waals surface area contributed by atoms with Gasteiger partial charge < -0.3 is 10.5 Å². The first-order valence-corrected chi connectivity index (χ1v) is 6.57. The predicted octanol–water partition coefficient (Wildman–Crippen LogP) is 2.97. The molecule has 0 unspecified atom stereocenters. The normalized spacial score (nSPS) is 10.3. The summed E-state index contributed by atoms with van der Waals surface area (Å²) in [7, 11) is 0. The fourth-order valence-corrected chi connectivity index (χ4v) is 1.83. The molecule has 6 heteroatoms. The summed E-state index contributed by atoms with van der Waals surface area (Å²) < 4.78 is 5.59. The molecule has 1 amide bonds. The van der Waals surface area contributed by atoms with Gasteiger partial charge >= 0.3 is 0 Å². The lowest BCUT2D eigenvalue weighted by molar-refractivity contribution is 0.100. The summed E-state index contributed by atoms with van der Waals surface area (Å²) in [6, 6.07) is 8.02. The van der Waals surface area contributed by atoms with E-state index in [1.54, 1.807) is 30.3 Å². The fourth-order valence-electron chi connectivity index (χ4n) is 1.64. The molecule has 104 valence electrons. The smallest absolute Gasteiger partial charge is 0.248 e. The highest BCUT2D eigenvalue weighted by atomic mass is 35.5. The van der Waals surface area contributed by atoms with Gasteiger partial charge in [-0.15, -0.1) is 0 Å². The summed E-state index contributed by atoms with van der Waals surface area (Å²) in [5, 5.41) is 0.340. The second kappa shape index (κ2) is 6.34. The maximum atomic E-state index is 11.0. The van der Waals surface area contributed by atoms with Gasteiger partial charge in [-0.05, 0) is 30.7 Å². The van der Waals surface area contributed by atoms with Crippen molar-refractivity contribution in [3.8, 4) is 11.6 Å². The van der Waals surface area contributed by atoms with Crippen LogP contribution < -0.4 is 10.5 Å². The van der Waals surface area contributed by atoms with E-state index in [0.29, 0.717) is 28.2 Å². The second-order valence-corrected chi connectivity index (χ2v) is 4.57. The van der Waals surface area contributed by atoms with E-state index in [0.717, 1.165) is 12.8 Å². The molecule has 0 bridgehead atoms. The Labute approximate surface area is 121 Å². The van der Waals surface area contributed by atoms with E-state index in [1.165, 1.54) is 0 Å². The van der Waals surface area contributed by atoms with Crippen LogP contribution >= 0.6 is 11.6 Å². The van der Waals surface area contributed by atoms with Crippen molar-refractivity contribution in [1.29, 1.82) is 0 Å². The third-order valence-corrected chi connectivity index (χ3v) is 2.75. The Kier molecular flexibility index (Phi) is 4.53. The van der Waals surface area contributed by atoms with Gasteiger partial charge in [0, 0.05) is 18.1 Å². The average Bonchev–Trinajstić information content (AvgIpc) is 2.39. The number of aromatic nitrogens is 2. The standard InChI is InChI=1S/C14H14ClN3O2/c1-2-3-12-17-11(15)8-13(18-12)20-10-6-4-9(5-7-10)14(16)19/h4-8H,2-3H2,1H3,(H2,16,19). The maximum Gasteiger partial charge on any atom is 0.248 e. The summed E-state index contributed by atoms with van der Waals surface area (Å²) in [6.45, 7) is 2.04. The number of carbonyl (C=O) groups is 1. The highest BCUT2D eigenvalue weighted by Crippen LogP contribution is 2.22. The van der Waals surface area contributed by atoms with Crippen LogP contribution in [0.4, 0.5) is 0 Å². The van der Waals surface area contributed by atoms with Crippen LogP contribution in [0.15, 0.2) is 30.3 Å². The van der Waals surface area contributed by atoms with Gasteiger partial charge in [0.25, 0.3) is 0 Å². The van der Waals surface area contributed by atoms with Crippen molar-refractivity contribution in [2.24, 2.45) is 5.73 Å². The number of halogens is 1. The number of benzene rings is 1. The summed E-state index contributed by atoms with van der Waals surface area (Å²) >= 11 is 5.93. The van der Waals surface area contributed by atoms with Crippen molar-refractivity contribution in [1.82, 2.24) is 9.97 Å². The molecule has 0 radical (unpaired) electrons. The van der Waals surface area contributed by atoms with E-state index in [4.69, 9.17) is 22.1 Å². The SMILES string of the molecule is CCCc1nc(Cl)cc(Oc2ccc(C(N)=O)cc2)n1. The first-order chi connectivity index (χ1) is 9.58. The van der Waals surface area contributed by atoms with Crippen LogP contribution in [0.1, 0.15) is 29.5 Å². The van der Waals surface area contributed by atoms with E-state index >= 15 is 0 Å². The van der Waals surface area contributed by atoms with Crippen molar-refractivity contribution in [3.05, 3.63) is 46.9 Å². The van der Waals surface area contributed by atoms with Crippen LogP contribution in [0, 0.1) is 0 Å². The number of rotatable bonds is 5. The summed E-state index contributed by atoms with van der Waals surface area (Å²) in [4.78, 5) is 19.4. The van der Waals surface area contributed by atoms with Gasteiger partial charge in [-0.25, -0.2) is 4.98 Å². The molecule has 5 nitrogen and oxygen atoms in total. The molecule has 0 aliphatic carbocycles. The van der Waals surface area contributed by atoms with Crippen LogP contribution in [0.5, 0.6) is 11.6 Å². The highest BCUT2D eigenvalue weighted by Gasteiger charge is 2.06. The van der Waals surface area contributed by atoms with Gasteiger partial charge in [-0.1, -0.05) is 18.5 Å². The van der Waals surface area contributed by atoms with E-state index in [2.05, 4.69) is 9.97 Å². The minimum absolute atomic E-state index is 0.340. The Morgan fingerprint density at radius 1 is 1.30 bits per heavy atom. The van der Waals surface area contributed by atoms with Gasteiger partial charge in [0.05, 0.1) is 0 Å². The third-order valence-electron chi connectivity index (χ3n) is 2.55. The number of aryl methyl sites for hydroxylation is 1. The van der Waals surface area contributed by atoms with E-state index in [-0.39, 0.29) is 0 Å². The number of ether oxygens (including phenoxy) is 1. The van der Waals surface area contributed by atoms with Crippen LogP contribution in [0.3, 0.4) is 0 Å². The molecule has 0 aliphatic heterocycles. The Morgan fingerprint density at radius 3 is 2.60 bits per heavy atom. The molecule has 0 saturated carbocycles. The van der Waals surface area contributed by atoms with Crippen molar-refractivity contribution in [2.45, 2.75) is 19.8 Å². The number of nitrogens with two attached hydrogens (primary N) is 1. The molecule has 20 heavy (non-hydrogen) atoms. The van der Waals surface area contributed by atoms with E-state index < -0.39 is 5.91 Å². The summed E-state index contributed by atoms with van der Waals surface area (Å²) in [6.07, 6.45) is 1.66. The van der Waals surface area contributed by atoms with Crippen LogP contribution in [-0.2, 0) is 6.42 Å². The molecule has 1 aromatic heterocycles. The van der Waals surface area contributed by atoms with E-state index in [1.807, 2.05) is 6.92 Å². The van der Waals surface area contributed by atoms with Crippen molar-refractivity contribution >= 4 is 17.5 Å². The van der Waals surface area contributed by atoms with Gasteiger partial charge in [0.15, 0.2) is 0 Å². The zero-order valence-corrected chi connectivity index (χ0v) is 11.7. The number of carbonyl (C=O) groups excluding carboxylic acids is 1. The van der Waals surface area contributed by atoms with Crippen LogP contribution in [-0.4, -0.2) is 15.9 Å². The fraction of sp³-hybridized carbons (Fsp3) is 0.214. The quantitative estimate of drug-likeness (QED) is 0.859. The topological polar surface area (TPSA) is 78.1 Å². The van der Waals surface area contributed by atoms with Gasteiger partial charge in [0.2, 0.25) is 11.8 Å². The Morgan fingerprint density at radius 2 is 2.00 bits per heavy atom. The van der Waals surface area contributed by atoms with Crippen molar-refractivity contribution < 1.29 is 9.53 Å². The number of primary amides is 1. The van der Waals surface area contributed by atoms with E-state index in [9.17, 15) is 4.79 Å². The Balaban J connectivity index is 2.18. The zero-order valence-electron chi connectivity index (χ0n) is 11.0. The number of nitrogens with zero attached hydrogens (tertiary/aromatic N) is 2. The molecular weight excluding hydrogens is 278 g/mol. The molecule has 0 fully saturated rings. The molecule has 0 spiro atoms. The lowest BCUT2D eigenvalue weighted by atomic mass is 10.2. The maximum absolute atomic E-state index is 11.0. The third kappa shape index (κ3) is 3.68. The number of amides is 1. The molecule has 0 aliphatic rings. The molecule has 1 heterocycles. The minimum atomic E-state index is -0.480. The molecule has 2 rings (SSSR count). The molecule has 0 atom stereocenters. The van der Waals surface area contributed by atoms with Crippen LogP contribution in [0.2, 0.25) is 5.15 Å². The number of hydrogen-bond donors (Lipinski definition) is 1. The highest BCUT2D eigenvalue weighted by molar-refractivity contribution is 6.29. The minimum Gasteiger partial charge on any atom is -0.439 e. The molecule has 0 saturated heterocycles. The second-order valence-electron chi connectivity index (χ2n) is 4.19. The van der Waals surface area contributed by atoms with Crippen molar-refractivity contribution in [2.75, 3.05) is 0 Å². The van der Waals surface area contributed by atoms with Gasteiger partial charge in [0.1, 0.15) is 16.7 Å². The first-order valence-electron chi connectivity index (χ1n) is 6.19. The predicted molar refractivity (Wildman–Crippen MR) is 76.1 cm³/mol. The van der Waals surface area contributed by atoms with Gasteiger partial charge in [-0.2, -0.15) is 4.98 Å². The molecule has 2 N–H and O–H groups in total. The Bertz CT molecular complexity index is 614. The average molecular weight is 292 g/mol. The van der Waals surface area contributed by atoms with Crippen LogP contribution in [0.25, 0.3) is 0 Å².